The molecule has 0 rings (SSSR count). The highest BCUT2D eigenvalue weighted by Crippen LogP contribution is 2.35. The Bertz CT molecular complexity index is 691. The van der Waals surface area contributed by atoms with Gasteiger partial charge in [0.15, 0.2) is 6.10 Å². The molecule has 9 heteroatoms. The highest BCUT2D eigenvalue weighted by atomic mass is 31.2. The van der Waals surface area contributed by atoms with Gasteiger partial charge in [0.2, 0.25) is 0 Å². The van der Waals surface area contributed by atoms with Crippen molar-refractivity contribution in [3.63, 3.8) is 0 Å². The second kappa shape index (κ2) is 28.9. The largest absolute Gasteiger partial charge is 0.469 e. The molecule has 0 aliphatic heterocycles. The zero-order valence-corrected chi connectivity index (χ0v) is 27.1. The van der Waals surface area contributed by atoms with E-state index in [1.54, 1.807) is 0 Å². The molecule has 0 heterocycles. The SMILES string of the molecule is CCCCCCCCC/C=C\CCCCCCCCCC(=O)OC(COC(=O)CCCCCCC)COP(=O)(O)O. The van der Waals surface area contributed by atoms with Gasteiger partial charge in [0, 0.05) is 12.8 Å². The van der Waals surface area contributed by atoms with E-state index in [0.29, 0.717) is 6.42 Å². The number of ether oxygens (including phenoxy) is 2. The molecular weight excluding hydrogens is 543 g/mol. The summed E-state index contributed by atoms with van der Waals surface area (Å²) in [5.41, 5.74) is 0. The average molecular weight is 605 g/mol. The molecule has 0 saturated heterocycles. The highest BCUT2D eigenvalue weighted by Gasteiger charge is 2.22. The van der Waals surface area contributed by atoms with E-state index in [-0.39, 0.29) is 19.4 Å². The first-order valence-corrected chi connectivity index (χ1v) is 18.0. The summed E-state index contributed by atoms with van der Waals surface area (Å²) in [7, 11) is -4.73. The lowest BCUT2D eigenvalue weighted by Gasteiger charge is -2.18. The maximum atomic E-state index is 12.2. The molecule has 1 atom stereocenters. The predicted molar refractivity (Wildman–Crippen MR) is 166 cm³/mol. The van der Waals surface area contributed by atoms with Gasteiger partial charge in [0.05, 0.1) is 6.61 Å². The summed E-state index contributed by atoms with van der Waals surface area (Å²) >= 11 is 0. The van der Waals surface area contributed by atoms with Crippen LogP contribution in [0.2, 0.25) is 0 Å². The minimum absolute atomic E-state index is 0.210. The normalized spacial score (nSPS) is 12.6. The smallest absolute Gasteiger partial charge is 0.462 e. The molecular formula is C32H61O8P. The van der Waals surface area contributed by atoms with Gasteiger partial charge in [-0.05, 0) is 38.5 Å². The van der Waals surface area contributed by atoms with Gasteiger partial charge in [-0.2, -0.15) is 0 Å². The van der Waals surface area contributed by atoms with Gasteiger partial charge in [0.1, 0.15) is 6.61 Å². The molecule has 0 aromatic heterocycles. The zero-order valence-electron chi connectivity index (χ0n) is 26.2. The Labute approximate surface area is 250 Å². The second-order valence-corrected chi connectivity index (χ2v) is 12.4. The van der Waals surface area contributed by atoms with Crippen LogP contribution >= 0.6 is 7.82 Å². The third-order valence-corrected chi connectivity index (χ3v) is 7.52. The van der Waals surface area contributed by atoms with Crippen LogP contribution in [0.5, 0.6) is 0 Å². The number of esters is 2. The van der Waals surface area contributed by atoms with E-state index in [1.807, 2.05) is 0 Å². The van der Waals surface area contributed by atoms with Crippen LogP contribution in [0.3, 0.4) is 0 Å². The highest BCUT2D eigenvalue weighted by molar-refractivity contribution is 7.46. The van der Waals surface area contributed by atoms with Crippen LogP contribution in [-0.4, -0.2) is 41.0 Å². The fraction of sp³-hybridized carbons (Fsp3) is 0.875. The van der Waals surface area contributed by atoms with E-state index in [4.69, 9.17) is 19.3 Å². The Kier molecular flexibility index (Phi) is 28.0. The molecule has 0 saturated carbocycles. The molecule has 1 unspecified atom stereocenters. The van der Waals surface area contributed by atoms with Crippen molar-refractivity contribution in [2.45, 2.75) is 168 Å². The fourth-order valence-electron chi connectivity index (χ4n) is 4.54. The number of unbranched alkanes of at least 4 members (excludes halogenated alkanes) is 18. The predicted octanol–water partition coefficient (Wildman–Crippen LogP) is 9.12. The van der Waals surface area contributed by atoms with Crippen LogP contribution < -0.4 is 0 Å². The van der Waals surface area contributed by atoms with Gasteiger partial charge < -0.3 is 19.3 Å². The van der Waals surface area contributed by atoms with Crippen LogP contribution in [0, 0.1) is 0 Å². The Hall–Kier alpha value is -1.21. The fourth-order valence-corrected chi connectivity index (χ4v) is 4.90. The molecule has 0 aliphatic rings. The van der Waals surface area contributed by atoms with E-state index in [0.717, 1.165) is 57.8 Å². The number of carbonyl (C=O) groups is 2. The Balaban J connectivity index is 3.88. The number of rotatable bonds is 30. The number of phosphoric ester groups is 1. The minimum Gasteiger partial charge on any atom is -0.462 e. The van der Waals surface area contributed by atoms with E-state index in [2.05, 4.69) is 30.5 Å². The molecule has 8 nitrogen and oxygen atoms in total. The molecule has 2 N–H and O–H groups in total. The van der Waals surface area contributed by atoms with E-state index in [9.17, 15) is 14.2 Å². The van der Waals surface area contributed by atoms with Crippen LogP contribution in [0.1, 0.15) is 162 Å². The zero-order chi connectivity index (χ0) is 30.4. The average Bonchev–Trinajstić information content (AvgIpc) is 2.93. The summed E-state index contributed by atoms with van der Waals surface area (Å²) in [5.74, 6) is -0.901. The molecule has 242 valence electrons. The molecule has 0 bridgehead atoms. The van der Waals surface area contributed by atoms with E-state index < -0.39 is 32.5 Å². The third kappa shape index (κ3) is 31.6. The minimum atomic E-state index is -4.73. The van der Waals surface area contributed by atoms with Crippen LogP contribution in [0.25, 0.3) is 0 Å². The summed E-state index contributed by atoms with van der Waals surface area (Å²) in [4.78, 5) is 42.2. The van der Waals surface area contributed by atoms with Gasteiger partial charge in [-0.1, -0.05) is 122 Å². The molecule has 0 radical (unpaired) electrons. The summed E-state index contributed by atoms with van der Waals surface area (Å²) in [6.45, 7) is 3.56. The van der Waals surface area contributed by atoms with Gasteiger partial charge >= 0.3 is 19.8 Å². The number of hydrogen-bond acceptors (Lipinski definition) is 6. The number of phosphoric acid groups is 1. The maximum Gasteiger partial charge on any atom is 0.469 e. The van der Waals surface area contributed by atoms with Crippen molar-refractivity contribution in [3.05, 3.63) is 12.2 Å². The first-order chi connectivity index (χ1) is 19.8. The summed E-state index contributed by atoms with van der Waals surface area (Å²) < 4.78 is 26.0. The van der Waals surface area contributed by atoms with Crippen molar-refractivity contribution >= 4 is 19.8 Å². The van der Waals surface area contributed by atoms with Crippen molar-refractivity contribution in [1.82, 2.24) is 0 Å². The van der Waals surface area contributed by atoms with Crippen molar-refractivity contribution in [2.75, 3.05) is 13.2 Å². The van der Waals surface area contributed by atoms with Gasteiger partial charge in [-0.25, -0.2) is 4.57 Å². The molecule has 0 spiro atoms. The summed E-state index contributed by atoms with van der Waals surface area (Å²) in [6.07, 6.45) is 28.4. The molecule has 0 fully saturated rings. The molecule has 0 amide bonds. The van der Waals surface area contributed by atoms with Crippen molar-refractivity contribution < 1.29 is 37.9 Å². The topological polar surface area (TPSA) is 119 Å². The molecule has 0 aromatic rings. The Morgan fingerprint density at radius 2 is 1.02 bits per heavy atom. The summed E-state index contributed by atoms with van der Waals surface area (Å²) in [6, 6.07) is 0. The molecule has 0 aromatic carbocycles. The molecule has 41 heavy (non-hydrogen) atoms. The number of allylic oxidation sites excluding steroid dienone is 2. The second-order valence-electron chi connectivity index (χ2n) is 11.1. The maximum absolute atomic E-state index is 12.2. The van der Waals surface area contributed by atoms with Gasteiger partial charge in [-0.15, -0.1) is 0 Å². The Morgan fingerprint density at radius 3 is 1.49 bits per heavy atom. The van der Waals surface area contributed by atoms with E-state index >= 15 is 0 Å². The molecule has 0 aliphatic carbocycles. The van der Waals surface area contributed by atoms with Crippen LogP contribution in [0.4, 0.5) is 0 Å². The van der Waals surface area contributed by atoms with Crippen molar-refractivity contribution in [1.29, 1.82) is 0 Å². The third-order valence-electron chi connectivity index (χ3n) is 7.03. The van der Waals surface area contributed by atoms with Gasteiger partial charge in [-0.3, -0.25) is 14.1 Å². The Morgan fingerprint density at radius 1 is 0.610 bits per heavy atom. The summed E-state index contributed by atoms with van der Waals surface area (Å²) in [5, 5.41) is 0. The van der Waals surface area contributed by atoms with Crippen LogP contribution in [-0.2, 0) is 28.2 Å². The number of carbonyl (C=O) groups excluding carboxylic acids is 2. The number of hydrogen-bond donors (Lipinski definition) is 2. The first kappa shape index (κ1) is 39.8. The lowest BCUT2D eigenvalue weighted by molar-refractivity contribution is -0.161. The lowest BCUT2D eigenvalue weighted by atomic mass is 10.1. The monoisotopic (exact) mass is 604 g/mol. The van der Waals surface area contributed by atoms with E-state index in [1.165, 1.54) is 70.6 Å². The first-order valence-electron chi connectivity index (χ1n) is 16.5. The quantitative estimate of drug-likeness (QED) is 0.0360. The van der Waals surface area contributed by atoms with Crippen molar-refractivity contribution in [3.8, 4) is 0 Å². The van der Waals surface area contributed by atoms with Crippen molar-refractivity contribution in [2.24, 2.45) is 0 Å². The standard InChI is InChI=1S/C32H61O8P/c1-3-5-7-9-10-11-12-13-14-15-16-17-18-19-20-21-23-25-27-32(34)40-30(29-39-41(35,36)37)28-38-31(33)26-24-22-8-6-4-2/h14-15,30H,3-13,16-29H2,1-2H3,(H2,35,36,37)/b15-14-. The van der Waals surface area contributed by atoms with Gasteiger partial charge in [0.25, 0.3) is 0 Å². The van der Waals surface area contributed by atoms with Crippen LogP contribution in [0.15, 0.2) is 12.2 Å². The lowest BCUT2D eigenvalue weighted by Crippen LogP contribution is -2.29.